The first-order chi connectivity index (χ1) is 8.97. The van der Waals surface area contributed by atoms with E-state index in [1.54, 1.807) is 12.1 Å². The predicted molar refractivity (Wildman–Crippen MR) is 81.0 cm³/mol. The predicted octanol–water partition coefficient (Wildman–Crippen LogP) is 5.08. The number of hydrogen-bond acceptors (Lipinski definition) is 1. The molecule has 1 nitrogen and oxygen atoms in total. The van der Waals surface area contributed by atoms with Crippen LogP contribution in [-0.2, 0) is 6.42 Å². The fourth-order valence-corrected chi connectivity index (χ4v) is 2.41. The first kappa shape index (κ1) is 14.4. The molecule has 0 bridgehead atoms. The van der Waals surface area contributed by atoms with Gasteiger partial charge in [-0.2, -0.15) is 0 Å². The van der Waals surface area contributed by atoms with E-state index in [0.717, 1.165) is 14.5 Å². The van der Waals surface area contributed by atoms with E-state index in [9.17, 15) is 9.18 Å². The Bertz CT molecular complexity index is 638. The third-order valence-corrected chi connectivity index (χ3v) is 4.50. The zero-order valence-corrected chi connectivity index (χ0v) is 13.4. The molecule has 0 aliphatic carbocycles. The first-order valence-electron chi connectivity index (χ1n) is 5.70. The van der Waals surface area contributed by atoms with Crippen LogP contribution in [0.25, 0.3) is 0 Å². The van der Waals surface area contributed by atoms with Gasteiger partial charge in [-0.05, 0) is 48.4 Å². The van der Waals surface area contributed by atoms with Crippen molar-refractivity contribution in [3.05, 3.63) is 67.9 Å². The lowest BCUT2D eigenvalue weighted by atomic mass is 10.0. The molecule has 0 amide bonds. The summed E-state index contributed by atoms with van der Waals surface area (Å²) < 4.78 is 14.9. The molecule has 0 saturated heterocycles. The summed E-state index contributed by atoms with van der Waals surface area (Å²) in [6.45, 7) is 1.93. The second kappa shape index (κ2) is 5.97. The van der Waals surface area contributed by atoms with Gasteiger partial charge in [0.15, 0.2) is 5.78 Å². The highest BCUT2D eigenvalue weighted by Crippen LogP contribution is 2.22. The minimum atomic E-state index is -0.335. The van der Waals surface area contributed by atoms with Gasteiger partial charge >= 0.3 is 0 Å². The van der Waals surface area contributed by atoms with Gasteiger partial charge in [-0.3, -0.25) is 4.79 Å². The van der Waals surface area contributed by atoms with Crippen LogP contribution in [-0.4, -0.2) is 5.78 Å². The average Bonchev–Trinajstić information content (AvgIpc) is 2.37. The Morgan fingerprint density at radius 3 is 2.47 bits per heavy atom. The van der Waals surface area contributed by atoms with E-state index in [1.807, 2.05) is 19.1 Å². The molecular formula is C15H11Br2FO. The van der Waals surface area contributed by atoms with E-state index in [1.165, 1.54) is 12.1 Å². The molecule has 2 aromatic carbocycles. The fraction of sp³-hybridized carbons (Fsp3) is 0.133. The Morgan fingerprint density at radius 1 is 1.11 bits per heavy atom. The molecule has 0 N–H and O–H groups in total. The van der Waals surface area contributed by atoms with Crippen molar-refractivity contribution in [1.29, 1.82) is 0 Å². The van der Waals surface area contributed by atoms with Crippen LogP contribution in [0.15, 0.2) is 45.3 Å². The summed E-state index contributed by atoms with van der Waals surface area (Å²) in [6.07, 6.45) is 0.180. The van der Waals surface area contributed by atoms with Gasteiger partial charge in [0.05, 0.1) is 0 Å². The maximum Gasteiger partial charge on any atom is 0.167 e. The molecule has 0 unspecified atom stereocenters. The number of ketones is 1. The van der Waals surface area contributed by atoms with Crippen molar-refractivity contribution >= 4 is 37.6 Å². The highest BCUT2D eigenvalue weighted by atomic mass is 79.9. The Labute approximate surface area is 128 Å². The van der Waals surface area contributed by atoms with Crippen molar-refractivity contribution in [2.75, 3.05) is 0 Å². The molecule has 0 radical (unpaired) electrons. The third kappa shape index (κ3) is 3.51. The lowest BCUT2D eigenvalue weighted by Crippen LogP contribution is -2.05. The molecule has 0 aliphatic heterocycles. The zero-order valence-electron chi connectivity index (χ0n) is 10.2. The number of benzene rings is 2. The van der Waals surface area contributed by atoms with Gasteiger partial charge in [0.25, 0.3) is 0 Å². The molecule has 0 heterocycles. The molecule has 98 valence electrons. The van der Waals surface area contributed by atoms with Crippen molar-refractivity contribution in [1.82, 2.24) is 0 Å². The van der Waals surface area contributed by atoms with Gasteiger partial charge in [0.1, 0.15) is 5.82 Å². The SMILES string of the molecule is Cc1cc(C(=O)Cc2cc(F)ccc2Br)ccc1Br. The van der Waals surface area contributed by atoms with E-state index in [-0.39, 0.29) is 18.0 Å². The van der Waals surface area contributed by atoms with Gasteiger partial charge in [0, 0.05) is 20.9 Å². The average molecular weight is 386 g/mol. The summed E-state index contributed by atoms with van der Waals surface area (Å²) >= 11 is 6.73. The van der Waals surface area contributed by atoms with Crippen LogP contribution in [0.4, 0.5) is 4.39 Å². The number of rotatable bonds is 3. The lowest BCUT2D eigenvalue weighted by molar-refractivity contribution is 0.0992. The fourth-order valence-electron chi connectivity index (χ4n) is 1.77. The largest absolute Gasteiger partial charge is 0.294 e. The first-order valence-corrected chi connectivity index (χ1v) is 7.29. The summed E-state index contributed by atoms with van der Waals surface area (Å²) in [5.41, 5.74) is 2.30. The summed E-state index contributed by atoms with van der Waals surface area (Å²) in [7, 11) is 0. The maximum absolute atomic E-state index is 13.2. The van der Waals surface area contributed by atoms with Gasteiger partial charge in [-0.1, -0.05) is 37.9 Å². The number of carbonyl (C=O) groups is 1. The van der Waals surface area contributed by atoms with Gasteiger partial charge in [0.2, 0.25) is 0 Å². The van der Waals surface area contributed by atoms with Crippen LogP contribution in [0.5, 0.6) is 0 Å². The van der Waals surface area contributed by atoms with Crippen LogP contribution < -0.4 is 0 Å². The van der Waals surface area contributed by atoms with Crippen LogP contribution >= 0.6 is 31.9 Å². The number of Topliss-reactive ketones (excluding diaryl/α,β-unsaturated/α-hetero) is 1. The number of halogens is 3. The molecule has 4 heteroatoms. The van der Waals surface area contributed by atoms with E-state index in [2.05, 4.69) is 31.9 Å². The second-order valence-corrected chi connectivity index (χ2v) is 6.01. The van der Waals surface area contributed by atoms with Crippen LogP contribution in [0, 0.1) is 12.7 Å². The van der Waals surface area contributed by atoms with E-state index < -0.39 is 0 Å². The summed E-state index contributed by atoms with van der Waals surface area (Å²) in [4.78, 5) is 12.2. The lowest BCUT2D eigenvalue weighted by Gasteiger charge is -2.06. The maximum atomic E-state index is 13.2. The molecule has 0 spiro atoms. The highest BCUT2D eigenvalue weighted by molar-refractivity contribution is 9.10. The number of hydrogen-bond donors (Lipinski definition) is 0. The van der Waals surface area contributed by atoms with Crippen LogP contribution in [0.1, 0.15) is 21.5 Å². The van der Waals surface area contributed by atoms with Crippen molar-refractivity contribution in [3.63, 3.8) is 0 Å². The molecule has 0 aromatic heterocycles. The smallest absolute Gasteiger partial charge is 0.167 e. The van der Waals surface area contributed by atoms with Gasteiger partial charge in [-0.25, -0.2) is 4.39 Å². The monoisotopic (exact) mass is 384 g/mol. The van der Waals surface area contributed by atoms with Crippen LogP contribution in [0.3, 0.4) is 0 Å². The Kier molecular flexibility index (Phi) is 4.53. The molecule has 2 aromatic rings. The van der Waals surface area contributed by atoms with Gasteiger partial charge in [-0.15, -0.1) is 0 Å². The Hall–Kier alpha value is -1.000. The van der Waals surface area contributed by atoms with Gasteiger partial charge < -0.3 is 0 Å². The van der Waals surface area contributed by atoms with Crippen molar-refractivity contribution in [2.24, 2.45) is 0 Å². The van der Waals surface area contributed by atoms with Crippen molar-refractivity contribution < 1.29 is 9.18 Å². The minimum absolute atomic E-state index is 0.0260. The zero-order chi connectivity index (χ0) is 14.0. The molecular weight excluding hydrogens is 375 g/mol. The van der Waals surface area contributed by atoms with Crippen LogP contribution in [0.2, 0.25) is 0 Å². The molecule has 0 fully saturated rings. The topological polar surface area (TPSA) is 17.1 Å². The van der Waals surface area contributed by atoms with E-state index in [4.69, 9.17) is 0 Å². The molecule has 0 atom stereocenters. The van der Waals surface area contributed by atoms with E-state index >= 15 is 0 Å². The molecule has 19 heavy (non-hydrogen) atoms. The number of carbonyl (C=O) groups excluding carboxylic acids is 1. The third-order valence-electron chi connectivity index (χ3n) is 2.84. The summed E-state index contributed by atoms with van der Waals surface area (Å²) in [6, 6.07) is 9.82. The highest BCUT2D eigenvalue weighted by Gasteiger charge is 2.11. The summed E-state index contributed by atoms with van der Waals surface area (Å²) in [5.74, 6) is -0.361. The molecule has 0 saturated carbocycles. The quantitative estimate of drug-likeness (QED) is 0.673. The van der Waals surface area contributed by atoms with Crippen molar-refractivity contribution in [3.8, 4) is 0 Å². The van der Waals surface area contributed by atoms with Crippen molar-refractivity contribution in [2.45, 2.75) is 13.3 Å². The Morgan fingerprint density at radius 2 is 1.79 bits per heavy atom. The minimum Gasteiger partial charge on any atom is -0.294 e. The number of aryl methyl sites for hydroxylation is 1. The standard InChI is InChI=1S/C15H11Br2FO/c1-9-6-10(2-4-13(9)16)15(19)8-11-7-12(18)3-5-14(11)17/h2-7H,8H2,1H3. The Balaban J connectivity index is 2.25. The molecule has 0 aliphatic rings. The van der Waals surface area contributed by atoms with E-state index in [0.29, 0.717) is 11.1 Å². The second-order valence-electron chi connectivity index (χ2n) is 4.30. The molecule has 2 rings (SSSR count). The summed E-state index contributed by atoms with van der Waals surface area (Å²) in [5, 5.41) is 0. The normalized spacial score (nSPS) is 10.5.